The molecule has 2 heterocycles. The van der Waals surface area contributed by atoms with Crippen molar-refractivity contribution >= 4 is 40.2 Å². The number of rotatable bonds is 3. The van der Waals surface area contributed by atoms with Crippen LogP contribution >= 0.6 is 23.2 Å². The van der Waals surface area contributed by atoms with Gasteiger partial charge >= 0.3 is 0 Å². The summed E-state index contributed by atoms with van der Waals surface area (Å²) in [6.07, 6.45) is 0.859. The highest BCUT2D eigenvalue weighted by Crippen LogP contribution is 2.42. The van der Waals surface area contributed by atoms with Gasteiger partial charge in [0, 0.05) is 0 Å². The van der Waals surface area contributed by atoms with E-state index in [2.05, 4.69) is 28.1 Å². The Morgan fingerprint density at radius 1 is 0.966 bits per heavy atom. The van der Waals surface area contributed by atoms with Crippen LogP contribution in [0.4, 0.5) is 5.95 Å². The fourth-order valence-electron chi connectivity index (χ4n) is 4.06. The molecule has 0 spiro atoms. The maximum atomic E-state index is 6.29. The molecule has 4 nitrogen and oxygen atoms in total. The van der Waals surface area contributed by atoms with Crippen LogP contribution in [-0.2, 0) is 0 Å². The molecule has 2 atom stereocenters. The summed E-state index contributed by atoms with van der Waals surface area (Å²) in [6.45, 7) is 0. The summed E-state index contributed by atoms with van der Waals surface area (Å²) in [5, 5.41) is 4.72. The molecule has 0 saturated carbocycles. The number of benzene rings is 3. The number of methoxy groups -OCH3 is 1. The number of hydrogen-bond donors (Lipinski definition) is 1. The molecule has 0 amide bonds. The predicted molar refractivity (Wildman–Crippen MR) is 118 cm³/mol. The van der Waals surface area contributed by atoms with Crippen molar-refractivity contribution in [3.05, 3.63) is 87.9 Å². The minimum absolute atomic E-state index is 0.0705. The van der Waals surface area contributed by atoms with Crippen molar-refractivity contribution in [1.82, 2.24) is 9.55 Å². The summed E-state index contributed by atoms with van der Waals surface area (Å²) in [7, 11) is 1.68. The first-order valence-corrected chi connectivity index (χ1v) is 10.2. The van der Waals surface area contributed by atoms with E-state index in [1.54, 1.807) is 7.11 Å². The molecule has 1 aliphatic heterocycles. The molecule has 0 bridgehead atoms. The van der Waals surface area contributed by atoms with Gasteiger partial charge in [-0.25, -0.2) is 4.98 Å². The Bertz CT molecular complexity index is 1190. The molecule has 0 unspecified atom stereocenters. The molecule has 0 aliphatic carbocycles. The molecule has 1 N–H and O–H groups in total. The van der Waals surface area contributed by atoms with Gasteiger partial charge in [-0.05, 0) is 53.9 Å². The lowest BCUT2D eigenvalue weighted by Crippen LogP contribution is -2.27. The predicted octanol–water partition coefficient (Wildman–Crippen LogP) is 6.50. The first kappa shape index (κ1) is 18.3. The van der Waals surface area contributed by atoms with Gasteiger partial charge < -0.3 is 14.6 Å². The third kappa shape index (κ3) is 3.22. The monoisotopic (exact) mass is 423 g/mol. The van der Waals surface area contributed by atoms with E-state index in [0.717, 1.165) is 34.7 Å². The molecule has 0 saturated heterocycles. The van der Waals surface area contributed by atoms with E-state index in [-0.39, 0.29) is 12.1 Å². The summed E-state index contributed by atoms with van der Waals surface area (Å²) in [5.74, 6) is 1.70. The van der Waals surface area contributed by atoms with E-state index >= 15 is 0 Å². The fraction of sp³-hybridized carbons (Fsp3) is 0.174. The number of hydrogen-bond acceptors (Lipinski definition) is 3. The summed E-state index contributed by atoms with van der Waals surface area (Å²) < 4.78 is 7.62. The van der Waals surface area contributed by atoms with Gasteiger partial charge in [0.1, 0.15) is 5.75 Å². The molecule has 0 fully saturated rings. The second-order valence-electron chi connectivity index (χ2n) is 7.19. The molecule has 5 rings (SSSR count). The van der Waals surface area contributed by atoms with Crippen molar-refractivity contribution < 1.29 is 4.74 Å². The molecule has 6 heteroatoms. The van der Waals surface area contributed by atoms with Gasteiger partial charge in [-0.3, -0.25) is 0 Å². The summed E-state index contributed by atoms with van der Waals surface area (Å²) in [4.78, 5) is 4.85. The number of imidazole rings is 1. The van der Waals surface area contributed by atoms with Crippen molar-refractivity contribution in [2.24, 2.45) is 0 Å². The maximum absolute atomic E-state index is 6.29. The van der Waals surface area contributed by atoms with Crippen LogP contribution in [0.25, 0.3) is 11.0 Å². The zero-order chi connectivity index (χ0) is 20.0. The van der Waals surface area contributed by atoms with Crippen LogP contribution < -0.4 is 10.1 Å². The highest BCUT2D eigenvalue weighted by molar-refractivity contribution is 6.42. The first-order chi connectivity index (χ1) is 14.1. The van der Waals surface area contributed by atoms with Crippen LogP contribution in [0.5, 0.6) is 5.75 Å². The van der Waals surface area contributed by atoms with E-state index in [1.165, 1.54) is 5.56 Å². The SMILES string of the molecule is COc1ccc([C@H]2C[C@H](c3ccc(Cl)c(Cl)c3)Nc3nc4ccccc4n32)cc1. The highest BCUT2D eigenvalue weighted by Gasteiger charge is 2.31. The second-order valence-corrected chi connectivity index (χ2v) is 8.00. The summed E-state index contributed by atoms with van der Waals surface area (Å²) in [5.41, 5.74) is 4.39. The standard InChI is InChI=1S/C23H19Cl2N3O/c1-29-16-9-6-14(7-10-16)22-13-20(15-8-11-17(24)18(25)12-15)27-23-26-19-4-2-3-5-21(19)28(22)23/h2-12,20,22H,13H2,1H3,(H,26,27)/t20-,22-/m1/s1. The van der Waals surface area contributed by atoms with E-state index in [1.807, 2.05) is 48.5 Å². The van der Waals surface area contributed by atoms with Crippen LogP contribution in [0.1, 0.15) is 29.6 Å². The van der Waals surface area contributed by atoms with Crippen molar-refractivity contribution in [2.75, 3.05) is 12.4 Å². The van der Waals surface area contributed by atoms with Gasteiger partial charge in [-0.15, -0.1) is 0 Å². The lowest BCUT2D eigenvalue weighted by atomic mass is 9.93. The zero-order valence-corrected chi connectivity index (χ0v) is 17.3. The fourth-order valence-corrected chi connectivity index (χ4v) is 4.37. The molecule has 146 valence electrons. The number of nitrogens with zero attached hydrogens (tertiary/aromatic N) is 2. The number of fused-ring (bicyclic) bond motifs is 3. The zero-order valence-electron chi connectivity index (χ0n) is 15.8. The molecular weight excluding hydrogens is 405 g/mol. The lowest BCUT2D eigenvalue weighted by molar-refractivity contribution is 0.414. The smallest absolute Gasteiger partial charge is 0.204 e. The molecular formula is C23H19Cl2N3O. The van der Waals surface area contributed by atoms with Gasteiger partial charge in [0.2, 0.25) is 5.95 Å². The molecule has 1 aromatic heterocycles. The Labute approximate surface area is 179 Å². The summed E-state index contributed by atoms with van der Waals surface area (Å²) >= 11 is 12.4. The Morgan fingerprint density at radius 3 is 2.48 bits per heavy atom. The number of anilines is 1. The maximum Gasteiger partial charge on any atom is 0.204 e. The number of nitrogens with one attached hydrogen (secondary N) is 1. The highest BCUT2D eigenvalue weighted by atomic mass is 35.5. The van der Waals surface area contributed by atoms with Crippen LogP contribution in [0.15, 0.2) is 66.7 Å². The third-order valence-corrected chi connectivity index (χ3v) is 6.26. The van der Waals surface area contributed by atoms with Crippen LogP contribution in [0, 0.1) is 0 Å². The van der Waals surface area contributed by atoms with Crippen LogP contribution in [0.2, 0.25) is 10.0 Å². The number of ether oxygens (including phenoxy) is 1. The van der Waals surface area contributed by atoms with Gasteiger partial charge in [-0.2, -0.15) is 0 Å². The van der Waals surface area contributed by atoms with Crippen molar-refractivity contribution in [2.45, 2.75) is 18.5 Å². The van der Waals surface area contributed by atoms with Gasteiger partial charge in [-0.1, -0.05) is 53.5 Å². The van der Waals surface area contributed by atoms with Crippen molar-refractivity contribution in [3.8, 4) is 5.75 Å². The summed E-state index contributed by atoms with van der Waals surface area (Å²) in [6, 6.07) is 22.5. The minimum Gasteiger partial charge on any atom is -0.497 e. The second kappa shape index (κ2) is 7.29. The van der Waals surface area contributed by atoms with Gasteiger partial charge in [0.15, 0.2) is 0 Å². The van der Waals surface area contributed by atoms with Gasteiger partial charge in [0.05, 0.1) is 40.3 Å². The largest absolute Gasteiger partial charge is 0.497 e. The van der Waals surface area contributed by atoms with E-state index < -0.39 is 0 Å². The average molecular weight is 424 g/mol. The topological polar surface area (TPSA) is 39.1 Å². The molecule has 3 aromatic carbocycles. The lowest BCUT2D eigenvalue weighted by Gasteiger charge is -2.33. The Kier molecular flexibility index (Phi) is 4.61. The molecule has 1 aliphatic rings. The number of para-hydroxylation sites is 2. The first-order valence-electron chi connectivity index (χ1n) is 9.46. The quantitative estimate of drug-likeness (QED) is 0.408. The van der Waals surface area contributed by atoms with Crippen LogP contribution in [-0.4, -0.2) is 16.7 Å². The minimum atomic E-state index is 0.0705. The molecule has 0 radical (unpaired) electrons. The Morgan fingerprint density at radius 2 is 1.72 bits per heavy atom. The van der Waals surface area contributed by atoms with Crippen molar-refractivity contribution in [1.29, 1.82) is 0 Å². The third-order valence-electron chi connectivity index (χ3n) is 5.52. The van der Waals surface area contributed by atoms with Crippen molar-refractivity contribution in [3.63, 3.8) is 0 Å². The van der Waals surface area contributed by atoms with E-state index in [9.17, 15) is 0 Å². The Balaban J connectivity index is 1.63. The number of halogens is 2. The number of aromatic nitrogens is 2. The average Bonchev–Trinajstić information content (AvgIpc) is 3.13. The van der Waals surface area contributed by atoms with Gasteiger partial charge in [0.25, 0.3) is 0 Å². The van der Waals surface area contributed by atoms with E-state index in [0.29, 0.717) is 10.0 Å². The van der Waals surface area contributed by atoms with E-state index in [4.69, 9.17) is 32.9 Å². The molecule has 29 heavy (non-hydrogen) atoms. The van der Waals surface area contributed by atoms with Crippen LogP contribution in [0.3, 0.4) is 0 Å². The Hall–Kier alpha value is -2.69. The molecule has 4 aromatic rings. The normalized spacial score (nSPS) is 18.3.